The minimum absolute atomic E-state index is 0.141. The SMILES string of the molecule is CO[C@H]1CCCC[C@@H]1NC(=O)C1CCN(Cc2nccn2C)CC1. The maximum atomic E-state index is 12.6. The van der Waals surface area contributed by atoms with Crippen LogP contribution in [-0.2, 0) is 23.1 Å². The van der Waals surface area contributed by atoms with Crippen LogP contribution in [0.25, 0.3) is 0 Å². The molecule has 24 heavy (non-hydrogen) atoms. The third kappa shape index (κ3) is 4.16. The molecule has 1 aromatic heterocycles. The Balaban J connectivity index is 1.45. The van der Waals surface area contributed by atoms with E-state index in [4.69, 9.17) is 4.74 Å². The van der Waals surface area contributed by atoms with Gasteiger partial charge in [0, 0.05) is 32.5 Å². The van der Waals surface area contributed by atoms with Crippen LogP contribution in [0.5, 0.6) is 0 Å². The molecule has 3 rings (SSSR count). The van der Waals surface area contributed by atoms with Crippen molar-refractivity contribution in [1.29, 1.82) is 0 Å². The van der Waals surface area contributed by atoms with Crippen LogP contribution in [0.1, 0.15) is 44.3 Å². The van der Waals surface area contributed by atoms with Gasteiger partial charge < -0.3 is 14.6 Å². The molecule has 0 bridgehead atoms. The number of hydrogen-bond donors (Lipinski definition) is 1. The van der Waals surface area contributed by atoms with Crippen molar-refractivity contribution in [2.75, 3.05) is 20.2 Å². The fourth-order valence-corrected chi connectivity index (χ4v) is 3.95. The molecule has 2 heterocycles. The second-order valence-electron chi connectivity index (χ2n) is 7.18. The highest BCUT2D eigenvalue weighted by Gasteiger charge is 2.30. The standard InChI is InChI=1S/C18H30N4O2/c1-21-12-9-19-17(21)13-22-10-7-14(8-11-22)18(23)20-15-5-3-4-6-16(15)24-2/h9,12,14-16H,3-8,10-11,13H2,1-2H3,(H,20,23)/t15-,16-/m0/s1. The van der Waals surface area contributed by atoms with Gasteiger partial charge in [0.2, 0.25) is 5.91 Å². The monoisotopic (exact) mass is 334 g/mol. The van der Waals surface area contributed by atoms with Crippen LogP contribution < -0.4 is 5.32 Å². The van der Waals surface area contributed by atoms with Gasteiger partial charge >= 0.3 is 0 Å². The summed E-state index contributed by atoms with van der Waals surface area (Å²) >= 11 is 0. The molecule has 1 saturated heterocycles. The zero-order valence-corrected chi connectivity index (χ0v) is 14.9. The van der Waals surface area contributed by atoms with Crippen molar-refractivity contribution in [2.45, 2.75) is 57.2 Å². The first-order valence-corrected chi connectivity index (χ1v) is 9.19. The molecule has 1 aromatic rings. The highest BCUT2D eigenvalue weighted by Crippen LogP contribution is 2.23. The summed E-state index contributed by atoms with van der Waals surface area (Å²) in [5, 5.41) is 3.26. The molecular weight excluding hydrogens is 304 g/mol. The van der Waals surface area contributed by atoms with E-state index in [1.165, 1.54) is 12.8 Å². The zero-order valence-electron chi connectivity index (χ0n) is 14.9. The Morgan fingerprint density at radius 1 is 1.29 bits per heavy atom. The lowest BCUT2D eigenvalue weighted by atomic mass is 9.90. The molecule has 2 fully saturated rings. The van der Waals surface area contributed by atoms with Crippen LogP contribution in [0, 0.1) is 5.92 Å². The first-order chi connectivity index (χ1) is 11.7. The molecule has 1 N–H and O–H groups in total. The van der Waals surface area contributed by atoms with E-state index < -0.39 is 0 Å². The molecule has 2 aliphatic rings. The van der Waals surface area contributed by atoms with Gasteiger partial charge in [0.15, 0.2) is 0 Å². The number of amides is 1. The van der Waals surface area contributed by atoms with E-state index in [-0.39, 0.29) is 24.0 Å². The molecular formula is C18H30N4O2. The number of ether oxygens (including phenoxy) is 1. The van der Waals surface area contributed by atoms with Gasteiger partial charge in [0.25, 0.3) is 0 Å². The van der Waals surface area contributed by atoms with Crippen molar-refractivity contribution in [1.82, 2.24) is 19.8 Å². The molecule has 1 saturated carbocycles. The van der Waals surface area contributed by atoms with Gasteiger partial charge in [-0.1, -0.05) is 12.8 Å². The average molecular weight is 334 g/mol. The number of rotatable bonds is 5. The summed E-state index contributed by atoms with van der Waals surface area (Å²) in [5.74, 6) is 1.45. The summed E-state index contributed by atoms with van der Waals surface area (Å²) < 4.78 is 7.61. The summed E-state index contributed by atoms with van der Waals surface area (Å²) in [6.45, 7) is 2.79. The molecule has 134 valence electrons. The summed E-state index contributed by atoms with van der Waals surface area (Å²) in [4.78, 5) is 19.4. The maximum Gasteiger partial charge on any atom is 0.223 e. The number of carbonyl (C=O) groups excluding carboxylic acids is 1. The summed E-state index contributed by atoms with van der Waals surface area (Å²) in [7, 11) is 3.78. The van der Waals surface area contributed by atoms with Gasteiger partial charge in [0.1, 0.15) is 5.82 Å². The zero-order chi connectivity index (χ0) is 16.9. The Morgan fingerprint density at radius 3 is 2.71 bits per heavy atom. The lowest BCUT2D eigenvalue weighted by molar-refractivity contribution is -0.128. The minimum atomic E-state index is 0.141. The van der Waals surface area contributed by atoms with E-state index in [9.17, 15) is 4.79 Å². The fraction of sp³-hybridized carbons (Fsp3) is 0.778. The van der Waals surface area contributed by atoms with Crippen molar-refractivity contribution in [3.63, 3.8) is 0 Å². The number of nitrogens with one attached hydrogen (secondary N) is 1. The normalized spacial score (nSPS) is 26.4. The smallest absolute Gasteiger partial charge is 0.223 e. The van der Waals surface area contributed by atoms with Gasteiger partial charge in [-0.2, -0.15) is 0 Å². The number of carbonyl (C=O) groups is 1. The first kappa shape index (κ1) is 17.4. The molecule has 1 aliphatic heterocycles. The van der Waals surface area contributed by atoms with E-state index in [0.29, 0.717) is 0 Å². The van der Waals surface area contributed by atoms with Crippen LogP contribution >= 0.6 is 0 Å². The molecule has 0 radical (unpaired) electrons. The quantitative estimate of drug-likeness (QED) is 0.890. The molecule has 0 unspecified atom stereocenters. The third-order valence-corrected chi connectivity index (χ3v) is 5.58. The fourth-order valence-electron chi connectivity index (χ4n) is 3.95. The van der Waals surface area contributed by atoms with E-state index in [2.05, 4.69) is 19.8 Å². The van der Waals surface area contributed by atoms with Gasteiger partial charge in [0.05, 0.1) is 18.7 Å². The van der Waals surface area contributed by atoms with Crippen molar-refractivity contribution >= 4 is 5.91 Å². The van der Waals surface area contributed by atoms with Crippen LogP contribution in [-0.4, -0.2) is 52.7 Å². The van der Waals surface area contributed by atoms with Gasteiger partial charge in [-0.15, -0.1) is 0 Å². The Kier molecular flexibility index (Phi) is 5.89. The Bertz CT molecular complexity index is 537. The number of nitrogens with zero attached hydrogens (tertiary/aromatic N) is 3. The number of aryl methyl sites for hydroxylation is 1. The predicted molar refractivity (Wildman–Crippen MR) is 92.4 cm³/mol. The van der Waals surface area contributed by atoms with E-state index in [0.717, 1.165) is 51.1 Å². The van der Waals surface area contributed by atoms with Crippen molar-refractivity contribution in [3.05, 3.63) is 18.2 Å². The van der Waals surface area contributed by atoms with Crippen molar-refractivity contribution in [3.8, 4) is 0 Å². The predicted octanol–water partition coefficient (Wildman–Crippen LogP) is 1.71. The summed E-state index contributed by atoms with van der Waals surface area (Å²) in [5.41, 5.74) is 0. The second kappa shape index (κ2) is 8.12. The lowest BCUT2D eigenvalue weighted by Gasteiger charge is -2.34. The molecule has 1 aliphatic carbocycles. The molecule has 1 amide bonds. The topological polar surface area (TPSA) is 59.4 Å². The third-order valence-electron chi connectivity index (χ3n) is 5.58. The first-order valence-electron chi connectivity index (χ1n) is 9.19. The Labute approximate surface area is 144 Å². The van der Waals surface area contributed by atoms with Crippen LogP contribution in [0.4, 0.5) is 0 Å². The van der Waals surface area contributed by atoms with E-state index >= 15 is 0 Å². The van der Waals surface area contributed by atoms with Gasteiger partial charge in [-0.05, 0) is 38.8 Å². The molecule has 0 aromatic carbocycles. The van der Waals surface area contributed by atoms with E-state index in [1.807, 2.05) is 19.4 Å². The number of imidazole rings is 1. The number of piperidine rings is 1. The summed E-state index contributed by atoms with van der Waals surface area (Å²) in [6.07, 6.45) is 10.4. The minimum Gasteiger partial charge on any atom is -0.379 e. The van der Waals surface area contributed by atoms with Crippen LogP contribution in [0.2, 0.25) is 0 Å². The number of likely N-dealkylation sites (tertiary alicyclic amines) is 1. The van der Waals surface area contributed by atoms with Crippen LogP contribution in [0.15, 0.2) is 12.4 Å². The molecule has 2 atom stereocenters. The molecule has 6 nitrogen and oxygen atoms in total. The molecule has 6 heteroatoms. The Hall–Kier alpha value is -1.40. The number of methoxy groups -OCH3 is 1. The Morgan fingerprint density at radius 2 is 2.04 bits per heavy atom. The van der Waals surface area contributed by atoms with Crippen molar-refractivity contribution < 1.29 is 9.53 Å². The van der Waals surface area contributed by atoms with Gasteiger partial charge in [-0.25, -0.2) is 4.98 Å². The van der Waals surface area contributed by atoms with E-state index in [1.54, 1.807) is 7.11 Å². The summed E-state index contributed by atoms with van der Waals surface area (Å²) in [6, 6.07) is 0.196. The van der Waals surface area contributed by atoms with Gasteiger partial charge in [-0.3, -0.25) is 9.69 Å². The highest BCUT2D eigenvalue weighted by molar-refractivity contribution is 5.79. The lowest BCUT2D eigenvalue weighted by Crippen LogP contribution is -2.49. The highest BCUT2D eigenvalue weighted by atomic mass is 16.5. The van der Waals surface area contributed by atoms with Crippen molar-refractivity contribution in [2.24, 2.45) is 13.0 Å². The second-order valence-corrected chi connectivity index (χ2v) is 7.18. The largest absolute Gasteiger partial charge is 0.379 e. The maximum absolute atomic E-state index is 12.6. The van der Waals surface area contributed by atoms with Crippen LogP contribution in [0.3, 0.4) is 0 Å². The average Bonchev–Trinajstić information content (AvgIpc) is 3.01. The number of aromatic nitrogens is 2. The number of hydrogen-bond acceptors (Lipinski definition) is 4. The molecule has 0 spiro atoms.